The molecule has 4 bridgehead atoms. The van der Waals surface area contributed by atoms with Gasteiger partial charge in [0, 0.05) is 0 Å². The number of hydrogen-bond donors (Lipinski definition) is 0. The van der Waals surface area contributed by atoms with E-state index in [1.165, 1.54) is 12.8 Å². The topological polar surface area (TPSA) is 0 Å². The Bertz CT molecular complexity index is 449. The van der Waals surface area contributed by atoms with Crippen LogP contribution in [0.2, 0.25) is 27.0 Å². The van der Waals surface area contributed by atoms with E-state index in [4.69, 9.17) is 0 Å². The predicted octanol–water partition coefficient (Wildman–Crippen LogP) is 6.47. The zero-order chi connectivity index (χ0) is 16.3. The normalized spacial score (nSPS) is 37.5. The molecule has 0 N–H and O–H groups in total. The summed E-state index contributed by atoms with van der Waals surface area (Å²) in [7, 11) is 0. The SMILES string of the molecule is CCC1B2CC3CC(C/C2=[C](/C(C)(C)C)[Sn]([CH3])([CH3])[CH3])CC1C3. The van der Waals surface area contributed by atoms with Crippen LogP contribution in [0.15, 0.2) is 9.06 Å². The van der Waals surface area contributed by atoms with E-state index in [0.29, 0.717) is 5.41 Å². The van der Waals surface area contributed by atoms with Crippen molar-refractivity contribution >= 4 is 25.1 Å². The maximum absolute atomic E-state index is 2.67. The van der Waals surface area contributed by atoms with E-state index < -0.39 is 18.4 Å². The fraction of sp³-hybridized carbons (Fsp3) is 0.900. The Kier molecular flexibility index (Phi) is 4.63. The van der Waals surface area contributed by atoms with Crippen LogP contribution in [0.25, 0.3) is 0 Å². The second-order valence-electron chi connectivity index (χ2n) is 10.7. The Hall–Kier alpha value is 0.604. The van der Waals surface area contributed by atoms with Gasteiger partial charge in [-0.25, -0.2) is 0 Å². The van der Waals surface area contributed by atoms with Crippen molar-refractivity contribution in [1.29, 1.82) is 0 Å². The van der Waals surface area contributed by atoms with Gasteiger partial charge in [-0.15, -0.1) is 0 Å². The molecule has 1 aliphatic carbocycles. The van der Waals surface area contributed by atoms with Gasteiger partial charge in [0.1, 0.15) is 0 Å². The van der Waals surface area contributed by atoms with Gasteiger partial charge in [-0.2, -0.15) is 0 Å². The summed E-state index contributed by atoms with van der Waals surface area (Å²) in [6, 6.07) is 0. The molecule has 4 fully saturated rings. The Morgan fingerprint density at radius 1 is 1.09 bits per heavy atom. The van der Waals surface area contributed by atoms with Crippen molar-refractivity contribution < 1.29 is 0 Å². The van der Waals surface area contributed by atoms with Crippen LogP contribution in [0.1, 0.15) is 59.8 Å². The molecular formula is C20H37BSn. The van der Waals surface area contributed by atoms with Crippen molar-refractivity contribution in [2.75, 3.05) is 0 Å². The first-order chi connectivity index (χ1) is 10.1. The summed E-state index contributed by atoms with van der Waals surface area (Å²) in [5.74, 6) is 4.20. The molecule has 4 rings (SSSR count). The van der Waals surface area contributed by atoms with Gasteiger partial charge in [0.2, 0.25) is 0 Å². The molecule has 0 radical (unpaired) electrons. The molecule has 4 unspecified atom stereocenters. The van der Waals surface area contributed by atoms with Crippen LogP contribution in [0.4, 0.5) is 0 Å². The van der Waals surface area contributed by atoms with Gasteiger partial charge < -0.3 is 0 Å². The molecule has 2 heteroatoms. The van der Waals surface area contributed by atoms with Crippen molar-refractivity contribution in [3.63, 3.8) is 0 Å². The van der Waals surface area contributed by atoms with Crippen LogP contribution in [0.3, 0.4) is 0 Å². The molecule has 22 heavy (non-hydrogen) atoms. The van der Waals surface area contributed by atoms with Crippen molar-refractivity contribution in [2.45, 2.75) is 86.8 Å². The molecule has 0 aromatic heterocycles. The van der Waals surface area contributed by atoms with Crippen LogP contribution in [0.5, 0.6) is 0 Å². The standard InChI is InChI=1S/C17H28B.3CH3.Sn/c1-5-16-14-7-12-6-13(8-14)11-18(16)15(9-12)10-17(2,3)4;;;;/h12-14,16H,5-9,11H2,1-4H3;3*1H3;. The molecule has 0 nitrogen and oxygen atoms in total. The minimum absolute atomic E-state index is 0.406. The monoisotopic (exact) mass is 408 g/mol. The summed E-state index contributed by atoms with van der Waals surface area (Å²) in [5, 5.41) is 0. The second kappa shape index (κ2) is 5.85. The van der Waals surface area contributed by atoms with E-state index in [9.17, 15) is 0 Å². The Morgan fingerprint density at radius 2 is 1.73 bits per heavy atom. The molecular weight excluding hydrogens is 370 g/mol. The second-order valence-corrected chi connectivity index (χ2v) is 25.0. The fourth-order valence-electron chi connectivity index (χ4n) is 7.04. The fourth-order valence-corrected chi connectivity index (χ4v) is 17.0. The third-order valence-corrected chi connectivity index (χ3v) is 14.2. The van der Waals surface area contributed by atoms with Crippen LogP contribution >= 0.6 is 0 Å². The molecule has 0 aromatic carbocycles. The first-order valence-corrected chi connectivity index (χ1v) is 19.8. The molecule has 4 atom stereocenters. The Labute approximate surface area is 143 Å². The molecule has 0 amide bonds. The van der Waals surface area contributed by atoms with Crippen molar-refractivity contribution in [1.82, 2.24) is 0 Å². The number of allylic oxidation sites excluding steroid dienone is 2. The van der Waals surface area contributed by atoms with Crippen LogP contribution in [0, 0.1) is 23.2 Å². The van der Waals surface area contributed by atoms with Gasteiger partial charge in [-0.1, -0.05) is 0 Å². The maximum atomic E-state index is 2.67. The van der Waals surface area contributed by atoms with E-state index >= 15 is 0 Å². The molecule has 3 aliphatic heterocycles. The molecule has 0 spiro atoms. The van der Waals surface area contributed by atoms with E-state index in [2.05, 4.69) is 42.5 Å². The number of hydrogen-bond acceptors (Lipinski definition) is 0. The van der Waals surface area contributed by atoms with E-state index in [0.717, 1.165) is 30.3 Å². The summed E-state index contributed by atoms with van der Waals surface area (Å²) in [6.07, 6.45) is 9.14. The van der Waals surface area contributed by atoms with E-state index in [1.807, 2.05) is 9.06 Å². The zero-order valence-electron chi connectivity index (χ0n) is 16.1. The third kappa shape index (κ3) is 3.09. The molecule has 124 valence electrons. The van der Waals surface area contributed by atoms with Crippen molar-refractivity contribution in [3.05, 3.63) is 9.06 Å². The van der Waals surface area contributed by atoms with E-state index in [1.54, 1.807) is 25.6 Å². The van der Waals surface area contributed by atoms with Gasteiger partial charge in [0.15, 0.2) is 0 Å². The average Bonchev–Trinajstić information content (AvgIpc) is 2.50. The third-order valence-electron chi connectivity index (χ3n) is 6.90. The van der Waals surface area contributed by atoms with Crippen LogP contribution in [-0.2, 0) is 0 Å². The molecule has 0 aromatic rings. The number of fused-ring (bicyclic) bond motifs is 1. The Morgan fingerprint density at radius 3 is 2.27 bits per heavy atom. The first kappa shape index (κ1) is 17.4. The van der Waals surface area contributed by atoms with Gasteiger partial charge in [-0.3, -0.25) is 0 Å². The summed E-state index contributed by atoms with van der Waals surface area (Å²) < 4.78 is 2.01. The van der Waals surface area contributed by atoms with Crippen LogP contribution < -0.4 is 0 Å². The van der Waals surface area contributed by atoms with Gasteiger partial charge in [0.05, 0.1) is 0 Å². The minimum atomic E-state index is -2.07. The van der Waals surface area contributed by atoms with Gasteiger partial charge in [-0.05, 0) is 0 Å². The van der Waals surface area contributed by atoms with Crippen molar-refractivity contribution in [2.24, 2.45) is 23.2 Å². The van der Waals surface area contributed by atoms with E-state index in [-0.39, 0.29) is 0 Å². The number of rotatable bonds is 2. The summed E-state index contributed by atoms with van der Waals surface area (Å²) in [5.41, 5.74) is 2.42. The molecule has 1 saturated carbocycles. The van der Waals surface area contributed by atoms with Crippen LogP contribution in [-0.4, -0.2) is 25.1 Å². The molecule has 3 saturated heterocycles. The summed E-state index contributed by atoms with van der Waals surface area (Å²) in [4.78, 5) is 8.00. The molecule has 4 aliphatic rings. The summed E-state index contributed by atoms with van der Waals surface area (Å²) >= 11 is -2.07. The van der Waals surface area contributed by atoms with Gasteiger partial charge in [0.25, 0.3) is 0 Å². The predicted molar refractivity (Wildman–Crippen MR) is 103 cm³/mol. The average molecular weight is 407 g/mol. The van der Waals surface area contributed by atoms with Crippen molar-refractivity contribution in [3.8, 4) is 0 Å². The quantitative estimate of drug-likeness (QED) is 0.461. The Balaban J connectivity index is 2.14. The molecule has 3 heterocycles. The first-order valence-electron chi connectivity index (χ1n) is 9.85. The summed E-state index contributed by atoms with van der Waals surface area (Å²) in [6.45, 7) is 11.0. The zero-order valence-corrected chi connectivity index (χ0v) is 19.0. The van der Waals surface area contributed by atoms with Gasteiger partial charge >= 0.3 is 144 Å².